The number of aromatic nitrogens is 1. The maximum Gasteiger partial charge on any atom is 0.224 e. The number of para-hydroxylation sites is 1. The number of pyridine rings is 1. The fourth-order valence-corrected chi connectivity index (χ4v) is 2.05. The molecule has 18 heavy (non-hydrogen) atoms. The molecule has 0 amide bonds. The van der Waals surface area contributed by atoms with Crippen molar-refractivity contribution in [3.63, 3.8) is 0 Å². The predicted molar refractivity (Wildman–Crippen MR) is 73.8 cm³/mol. The van der Waals surface area contributed by atoms with Gasteiger partial charge in [0, 0.05) is 16.2 Å². The second-order valence-corrected chi connectivity index (χ2v) is 4.75. The molecule has 94 valence electrons. The van der Waals surface area contributed by atoms with E-state index in [1.807, 2.05) is 24.3 Å². The van der Waals surface area contributed by atoms with E-state index in [1.165, 1.54) is 0 Å². The molecule has 2 rings (SSSR count). The highest BCUT2D eigenvalue weighted by Gasteiger charge is 2.09. The van der Waals surface area contributed by atoms with Gasteiger partial charge in [-0.15, -0.1) is 0 Å². The zero-order chi connectivity index (χ0) is 13.0. The van der Waals surface area contributed by atoms with E-state index in [9.17, 15) is 5.11 Å². The van der Waals surface area contributed by atoms with Gasteiger partial charge in [-0.2, -0.15) is 0 Å². The Morgan fingerprint density at radius 1 is 1.28 bits per heavy atom. The summed E-state index contributed by atoms with van der Waals surface area (Å²) >= 11 is 3.32. The van der Waals surface area contributed by atoms with E-state index in [2.05, 4.69) is 27.8 Å². The van der Waals surface area contributed by atoms with Crippen LogP contribution in [0, 0.1) is 0 Å². The molecule has 1 aromatic heterocycles. The number of aliphatic hydroxyl groups excluding tert-OH is 1. The molecule has 1 heterocycles. The van der Waals surface area contributed by atoms with Crippen LogP contribution in [0.15, 0.2) is 41.0 Å². The Balaban J connectivity index is 2.33. The Kier molecular flexibility index (Phi) is 4.33. The van der Waals surface area contributed by atoms with Gasteiger partial charge in [0.05, 0.1) is 6.61 Å². The number of hydrogen-bond donors (Lipinski definition) is 1. The topological polar surface area (TPSA) is 42.4 Å². The van der Waals surface area contributed by atoms with Crippen LogP contribution in [0.2, 0.25) is 0 Å². The molecular weight excluding hydrogens is 294 g/mol. The smallest absolute Gasteiger partial charge is 0.224 e. The minimum absolute atomic E-state index is 0.101. The van der Waals surface area contributed by atoms with Gasteiger partial charge >= 0.3 is 0 Å². The van der Waals surface area contributed by atoms with Crippen molar-refractivity contribution in [2.24, 2.45) is 0 Å². The number of ether oxygens (including phenoxy) is 1. The number of nitrogens with zero attached hydrogens (tertiary/aromatic N) is 1. The van der Waals surface area contributed by atoms with Crippen molar-refractivity contribution in [3.05, 3.63) is 52.1 Å². The number of benzene rings is 1. The minimum atomic E-state index is -0.101. The summed E-state index contributed by atoms with van der Waals surface area (Å²) < 4.78 is 6.61. The lowest BCUT2D eigenvalue weighted by Crippen LogP contribution is -1.97. The maximum atomic E-state index is 9.31. The molecule has 1 N–H and O–H groups in total. The highest BCUT2D eigenvalue weighted by molar-refractivity contribution is 9.10. The van der Waals surface area contributed by atoms with Crippen LogP contribution in [0.4, 0.5) is 0 Å². The first-order chi connectivity index (χ1) is 8.74. The standard InChI is InChI=1S/C14H14BrNO2/c1-2-10-5-3-4-6-13(10)18-14-11(9-17)7-12(15)8-16-14/h3-8,17H,2,9H2,1H3. The molecule has 0 aliphatic rings. The number of aryl methyl sites for hydroxylation is 1. The lowest BCUT2D eigenvalue weighted by Gasteiger charge is -2.11. The fraction of sp³-hybridized carbons (Fsp3) is 0.214. The SMILES string of the molecule is CCc1ccccc1Oc1ncc(Br)cc1CO. The Labute approximate surface area is 115 Å². The highest BCUT2D eigenvalue weighted by Crippen LogP contribution is 2.28. The van der Waals surface area contributed by atoms with Crippen molar-refractivity contribution < 1.29 is 9.84 Å². The summed E-state index contributed by atoms with van der Waals surface area (Å²) in [6, 6.07) is 9.63. The van der Waals surface area contributed by atoms with Gasteiger partial charge in [-0.25, -0.2) is 4.98 Å². The van der Waals surface area contributed by atoms with Gasteiger partial charge in [0.2, 0.25) is 5.88 Å². The minimum Gasteiger partial charge on any atom is -0.438 e. The quantitative estimate of drug-likeness (QED) is 0.936. The average Bonchev–Trinajstić information content (AvgIpc) is 2.41. The van der Waals surface area contributed by atoms with Gasteiger partial charge in [0.25, 0.3) is 0 Å². The number of aliphatic hydroxyl groups is 1. The third-order valence-corrected chi connectivity index (χ3v) is 3.06. The largest absolute Gasteiger partial charge is 0.438 e. The highest BCUT2D eigenvalue weighted by atomic mass is 79.9. The molecule has 0 unspecified atom stereocenters. The molecule has 0 spiro atoms. The summed E-state index contributed by atoms with van der Waals surface area (Å²) in [5, 5.41) is 9.31. The lowest BCUT2D eigenvalue weighted by atomic mass is 10.1. The van der Waals surface area contributed by atoms with Crippen molar-refractivity contribution in [1.82, 2.24) is 4.98 Å². The van der Waals surface area contributed by atoms with E-state index >= 15 is 0 Å². The zero-order valence-electron chi connectivity index (χ0n) is 10.1. The van der Waals surface area contributed by atoms with Crippen LogP contribution in [-0.4, -0.2) is 10.1 Å². The van der Waals surface area contributed by atoms with E-state index in [0.717, 1.165) is 22.2 Å². The molecule has 0 radical (unpaired) electrons. The second-order valence-electron chi connectivity index (χ2n) is 3.84. The molecule has 2 aromatic rings. The van der Waals surface area contributed by atoms with Crippen LogP contribution in [0.1, 0.15) is 18.1 Å². The van der Waals surface area contributed by atoms with Crippen LogP contribution in [0.3, 0.4) is 0 Å². The van der Waals surface area contributed by atoms with Crippen molar-refractivity contribution in [2.45, 2.75) is 20.0 Å². The van der Waals surface area contributed by atoms with Gasteiger partial charge < -0.3 is 9.84 Å². The zero-order valence-corrected chi connectivity index (χ0v) is 11.6. The van der Waals surface area contributed by atoms with Crippen LogP contribution in [0.5, 0.6) is 11.6 Å². The van der Waals surface area contributed by atoms with Gasteiger partial charge in [0.15, 0.2) is 0 Å². The van der Waals surface area contributed by atoms with E-state index in [0.29, 0.717) is 11.4 Å². The lowest BCUT2D eigenvalue weighted by molar-refractivity contribution is 0.274. The molecule has 4 heteroatoms. The molecule has 0 fully saturated rings. The van der Waals surface area contributed by atoms with E-state index < -0.39 is 0 Å². The van der Waals surface area contributed by atoms with Crippen molar-refractivity contribution in [2.75, 3.05) is 0 Å². The summed E-state index contributed by atoms with van der Waals surface area (Å²) in [6.45, 7) is 1.97. The first kappa shape index (κ1) is 13.1. The van der Waals surface area contributed by atoms with Gasteiger partial charge in [-0.05, 0) is 40.0 Å². The van der Waals surface area contributed by atoms with E-state index in [1.54, 1.807) is 12.3 Å². The Morgan fingerprint density at radius 2 is 2.06 bits per heavy atom. The Morgan fingerprint density at radius 3 is 2.78 bits per heavy atom. The normalized spacial score (nSPS) is 10.4. The van der Waals surface area contributed by atoms with E-state index in [-0.39, 0.29) is 6.61 Å². The number of rotatable bonds is 4. The number of halogens is 1. The Bertz CT molecular complexity index is 543. The molecular formula is C14H14BrNO2. The van der Waals surface area contributed by atoms with Crippen LogP contribution in [-0.2, 0) is 13.0 Å². The first-order valence-corrected chi connectivity index (χ1v) is 6.55. The number of hydrogen-bond acceptors (Lipinski definition) is 3. The van der Waals surface area contributed by atoms with Gasteiger partial charge in [0.1, 0.15) is 5.75 Å². The molecule has 0 bridgehead atoms. The maximum absolute atomic E-state index is 9.31. The summed E-state index contributed by atoms with van der Waals surface area (Å²) in [4.78, 5) is 4.19. The van der Waals surface area contributed by atoms with Gasteiger partial charge in [-0.3, -0.25) is 0 Å². The molecule has 1 aromatic carbocycles. The molecule has 0 aliphatic carbocycles. The molecule has 0 saturated heterocycles. The van der Waals surface area contributed by atoms with Crippen LogP contribution < -0.4 is 4.74 Å². The molecule has 0 aliphatic heterocycles. The summed E-state index contributed by atoms with van der Waals surface area (Å²) in [6.07, 6.45) is 2.55. The second kappa shape index (κ2) is 5.98. The fourth-order valence-electron chi connectivity index (χ4n) is 1.67. The van der Waals surface area contributed by atoms with Crippen molar-refractivity contribution in [1.29, 1.82) is 0 Å². The first-order valence-electron chi connectivity index (χ1n) is 5.75. The van der Waals surface area contributed by atoms with Gasteiger partial charge in [-0.1, -0.05) is 25.1 Å². The summed E-state index contributed by atoms with van der Waals surface area (Å²) in [5.74, 6) is 1.23. The Hall–Kier alpha value is -1.39. The summed E-state index contributed by atoms with van der Waals surface area (Å²) in [7, 11) is 0. The van der Waals surface area contributed by atoms with Crippen LogP contribution >= 0.6 is 15.9 Å². The molecule has 0 atom stereocenters. The predicted octanol–water partition coefficient (Wildman–Crippen LogP) is 3.69. The third kappa shape index (κ3) is 2.89. The third-order valence-electron chi connectivity index (χ3n) is 2.62. The monoisotopic (exact) mass is 307 g/mol. The average molecular weight is 308 g/mol. The molecule has 3 nitrogen and oxygen atoms in total. The van der Waals surface area contributed by atoms with Crippen molar-refractivity contribution >= 4 is 15.9 Å². The van der Waals surface area contributed by atoms with Crippen LogP contribution in [0.25, 0.3) is 0 Å². The van der Waals surface area contributed by atoms with E-state index in [4.69, 9.17) is 4.74 Å². The summed E-state index contributed by atoms with van der Waals surface area (Å²) in [5.41, 5.74) is 1.78. The van der Waals surface area contributed by atoms with Crippen molar-refractivity contribution in [3.8, 4) is 11.6 Å². The molecule has 0 saturated carbocycles.